The van der Waals surface area contributed by atoms with Crippen LogP contribution in [0.5, 0.6) is 0 Å². The third-order valence-corrected chi connectivity index (χ3v) is 5.21. The molecule has 3 aromatic rings. The Kier molecular flexibility index (Phi) is 4.25. The molecular weight excluding hydrogens is 345 g/mol. The second-order valence-electron chi connectivity index (χ2n) is 8.22. The zero-order chi connectivity index (χ0) is 19.2. The predicted molar refractivity (Wildman–Crippen MR) is 104 cm³/mol. The highest BCUT2D eigenvalue weighted by Crippen LogP contribution is 2.36. The molecule has 0 amide bonds. The number of hydrogen-bond donors (Lipinski definition) is 2. The first-order chi connectivity index (χ1) is 12.8. The number of aromatic nitrogens is 4. The van der Waals surface area contributed by atoms with Gasteiger partial charge in [-0.3, -0.25) is 9.78 Å². The van der Waals surface area contributed by atoms with Gasteiger partial charge in [0.1, 0.15) is 11.2 Å². The standard InChI is InChI=1S/C20H24FN5O/c1-20(2,3)26-17-15(11-22-26)18(27)25-19(24-17)23-16-6-4-5-14(16)12-7-9-13(21)10-8-12/h7-11,14,16H,4-6H2,1-3H3,(H2,23,24,25,27). The maximum Gasteiger partial charge on any atom is 0.263 e. The summed E-state index contributed by atoms with van der Waals surface area (Å²) < 4.78 is 15.0. The van der Waals surface area contributed by atoms with Crippen molar-refractivity contribution in [3.8, 4) is 0 Å². The number of hydrogen-bond acceptors (Lipinski definition) is 4. The number of benzene rings is 1. The fourth-order valence-electron chi connectivity index (χ4n) is 3.90. The molecule has 2 heterocycles. The van der Waals surface area contributed by atoms with Gasteiger partial charge in [-0.25, -0.2) is 9.07 Å². The SMILES string of the molecule is CC(C)(C)n1ncc2c(=O)[nH]c(NC3CCCC3c3ccc(F)cc3)nc21. The van der Waals surface area contributed by atoms with Crippen LogP contribution in [-0.4, -0.2) is 25.8 Å². The Morgan fingerprint density at radius 2 is 1.96 bits per heavy atom. The van der Waals surface area contributed by atoms with E-state index in [1.165, 1.54) is 12.1 Å². The Bertz CT molecular complexity index is 1020. The van der Waals surface area contributed by atoms with Gasteiger partial charge < -0.3 is 5.32 Å². The van der Waals surface area contributed by atoms with Crippen molar-refractivity contribution in [1.82, 2.24) is 19.7 Å². The van der Waals surface area contributed by atoms with E-state index in [4.69, 9.17) is 0 Å². The molecule has 0 aliphatic heterocycles. The number of rotatable bonds is 3. The van der Waals surface area contributed by atoms with Crippen LogP contribution in [-0.2, 0) is 5.54 Å². The Balaban J connectivity index is 1.66. The van der Waals surface area contributed by atoms with Gasteiger partial charge in [-0.1, -0.05) is 18.6 Å². The summed E-state index contributed by atoms with van der Waals surface area (Å²) in [6.07, 6.45) is 4.64. The Labute approximate surface area is 156 Å². The molecule has 1 fully saturated rings. The number of nitrogens with zero attached hydrogens (tertiary/aromatic N) is 3. The molecule has 0 radical (unpaired) electrons. The van der Waals surface area contributed by atoms with Crippen molar-refractivity contribution in [2.24, 2.45) is 0 Å². The van der Waals surface area contributed by atoms with E-state index < -0.39 is 0 Å². The average molecular weight is 369 g/mol. The van der Waals surface area contributed by atoms with Crippen LogP contribution >= 0.6 is 0 Å². The number of nitrogens with one attached hydrogen (secondary N) is 2. The lowest BCUT2D eigenvalue weighted by molar-refractivity contribution is 0.366. The second kappa shape index (κ2) is 6.48. The Morgan fingerprint density at radius 3 is 2.67 bits per heavy atom. The number of fused-ring (bicyclic) bond motifs is 1. The highest BCUT2D eigenvalue weighted by molar-refractivity contribution is 5.74. The van der Waals surface area contributed by atoms with Crippen molar-refractivity contribution in [1.29, 1.82) is 0 Å². The minimum Gasteiger partial charge on any atom is -0.352 e. The van der Waals surface area contributed by atoms with Crippen LogP contribution in [0.15, 0.2) is 35.3 Å². The van der Waals surface area contributed by atoms with Gasteiger partial charge >= 0.3 is 0 Å². The summed E-state index contributed by atoms with van der Waals surface area (Å²) in [6.45, 7) is 6.07. The smallest absolute Gasteiger partial charge is 0.263 e. The Hall–Kier alpha value is -2.70. The third kappa shape index (κ3) is 3.34. The van der Waals surface area contributed by atoms with Crippen molar-refractivity contribution >= 4 is 17.0 Å². The van der Waals surface area contributed by atoms with Gasteiger partial charge in [0.2, 0.25) is 5.95 Å². The van der Waals surface area contributed by atoms with Crippen LogP contribution in [0, 0.1) is 5.82 Å². The zero-order valence-corrected chi connectivity index (χ0v) is 15.8. The minimum absolute atomic E-state index is 0.141. The molecule has 1 aliphatic rings. The van der Waals surface area contributed by atoms with Gasteiger partial charge in [0, 0.05) is 12.0 Å². The molecule has 7 heteroatoms. The van der Waals surface area contributed by atoms with Crippen LogP contribution < -0.4 is 10.9 Å². The van der Waals surface area contributed by atoms with Crippen molar-refractivity contribution in [3.05, 3.63) is 52.2 Å². The molecule has 1 aliphatic carbocycles. The van der Waals surface area contributed by atoms with E-state index in [0.29, 0.717) is 17.0 Å². The number of aromatic amines is 1. The van der Waals surface area contributed by atoms with E-state index in [2.05, 4.69) is 20.4 Å². The maximum absolute atomic E-state index is 13.2. The number of halogens is 1. The number of anilines is 1. The first-order valence-electron chi connectivity index (χ1n) is 9.33. The lowest BCUT2D eigenvalue weighted by Gasteiger charge is -2.22. The van der Waals surface area contributed by atoms with E-state index >= 15 is 0 Å². The molecule has 2 unspecified atom stereocenters. The second-order valence-corrected chi connectivity index (χ2v) is 8.22. The van der Waals surface area contributed by atoms with Gasteiger partial charge in [0.15, 0.2) is 5.65 Å². The van der Waals surface area contributed by atoms with Crippen molar-refractivity contribution < 1.29 is 4.39 Å². The molecule has 0 bridgehead atoms. The molecule has 142 valence electrons. The van der Waals surface area contributed by atoms with E-state index in [-0.39, 0.29) is 28.9 Å². The predicted octanol–water partition coefficient (Wildman–Crippen LogP) is 3.76. The van der Waals surface area contributed by atoms with Crippen LogP contribution in [0.1, 0.15) is 51.5 Å². The normalized spacial score (nSPS) is 20.3. The third-order valence-electron chi connectivity index (χ3n) is 5.21. The fraction of sp³-hybridized carbons (Fsp3) is 0.450. The molecule has 0 saturated heterocycles. The van der Waals surface area contributed by atoms with Gasteiger partial charge in [-0.2, -0.15) is 10.1 Å². The monoisotopic (exact) mass is 369 g/mol. The van der Waals surface area contributed by atoms with Crippen LogP contribution in [0.3, 0.4) is 0 Å². The lowest BCUT2D eigenvalue weighted by atomic mass is 9.94. The van der Waals surface area contributed by atoms with Gasteiger partial charge in [0.05, 0.1) is 11.7 Å². The fourth-order valence-corrected chi connectivity index (χ4v) is 3.90. The molecule has 1 saturated carbocycles. The number of H-pyrrole nitrogens is 1. The van der Waals surface area contributed by atoms with Crippen LogP contribution in [0.4, 0.5) is 10.3 Å². The van der Waals surface area contributed by atoms with Crippen molar-refractivity contribution in [3.63, 3.8) is 0 Å². The average Bonchev–Trinajstić information content (AvgIpc) is 3.22. The van der Waals surface area contributed by atoms with Crippen LogP contribution in [0.2, 0.25) is 0 Å². The first kappa shape index (κ1) is 17.7. The highest BCUT2D eigenvalue weighted by Gasteiger charge is 2.29. The highest BCUT2D eigenvalue weighted by atomic mass is 19.1. The van der Waals surface area contributed by atoms with Gasteiger partial charge in [0.25, 0.3) is 5.56 Å². The lowest BCUT2D eigenvalue weighted by Crippen LogP contribution is -2.27. The molecule has 6 nitrogen and oxygen atoms in total. The molecule has 1 aromatic carbocycles. The van der Waals surface area contributed by atoms with Gasteiger partial charge in [-0.15, -0.1) is 0 Å². The van der Waals surface area contributed by atoms with Crippen molar-refractivity contribution in [2.45, 2.75) is 57.5 Å². The van der Waals surface area contributed by atoms with E-state index in [9.17, 15) is 9.18 Å². The molecule has 2 atom stereocenters. The largest absolute Gasteiger partial charge is 0.352 e. The van der Waals surface area contributed by atoms with Gasteiger partial charge in [-0.05, 0) is 51.3 Å². The Morgan fingerprint density at radius 1 is 1.22 bits per heavy atom. The molecule has 0 spiro atoms. The summed E-state index contributed by atoms with van der Waals surface area (Å²) in [5, 5.41) is 8.23. The summed E-state index contributed by atoms with van der Waals surface area (Å²) in [4.78, 5) is 19.9. The van der Waals surface area contributed by atoms with E-state index in [1.807, 2.05) is 32.9 Å². The summed E-state index contributed by atoms with van der Waals surface area (Å²) in [5.74, 6) is 0.491. The molecular formula is C20H24FN5O. The minimum atomic E-state index is -0.274. The molecule has 2 aromatic heterocycles. The quantitative estimate of drug-likeness (QED) is 0.737. The summed E-state index contributed by atoms with van der Waals surface area (Å²) in [6, 6.07) is 6.82. The summed E-state index contributed by atoms with van der Waals surface area (Å²) >= 11 is 0. The topological polar surface area (TPSA) is 75.6 Å². The maximum atomic E-state index is 13.2. The summed E-state index contributed by atoms with van der Waals surface area (Å²) in [5.41, 5.74) is 1.21. The van der Waals surface area contributed by atoms with E-state index in [1.54, 1.807) is 10.9 Å². The van der Waals surface area contributed by atoms with E-state index in [0.717, 1.165) is 24.8 Å². The first-order valence-corrected chi connectivity index (χ1v) is 9.33. The molecule has 27 heavy (non-hydrogen) atoms. The zero-order valence-electron chi connectivity index (χ0n) is 15.8. The van der Waals surface area contributed by atoms with Crippen molar-refractivity contribution in [2.75, 3.05) is 5.32 Å². The molecule has 4 rings (SSSR count). The molecule has 2 N–H and O–H groups in total. The van der Waals surface area contributed by atoms with Crippen LogP contribution in [0.25, 0.3) is 11.0 Å². The summed E-state index contributed by atoms with van der Waals surface area (Å²) in [7, 11) is 0.